The molecule has 0 atom stereocenters. The Kier molecular flexibility index (Phi) is 5.38. The van der Waals surface area contributed by atoms with E-state index in [1.807, 2.05) is 18.2 Å². The van der Waals surface area contributed by atoms with E-state index in [2.05, 4.69) is 9.80 Å². The summed E-state index contributed by atoms with van der Waals surface area (Å²) in [5, 5.41) is 0. The lowest BCUT2D eigenvalue weighted by Crippen LogP contribution is -2.46. The number of nitrogens with zero attached hydrogens (tertiary/aromatic N) is 2. The van der Waals surface area contributed by atoms with Crippen molar-refractivity contribution in [3.8, 4) is 0 Å². The molecule has 0 aliphatic carbocycles. The van der Waals surface area contributed by atoms with E-state index < -0.39 is 0 Å². The third-order valence-corrected chi connectivity index (χ3v) is 3.80. The molecule has 2 rings (SSSR count). The fraction of sp³-hybridized carbons (Fsp3) is 0.533. The van der Waals surface area contributed by atoms with Gasteiger partial charge < -0.3 is 16.4 Å². The zero-order valence-corrected chi connectivity index (χ0v) is 11.9. The van der Waals surface area contributed by atoms with Gasteiger partial charge in [-0.25, -0.2) is 0 Å². The Hall–Kier alpha value is -1.59. The minimum Gasteiger partial charge on any atom is -0.369 e. The quantitative estimate of drug-likeness (QED) is 0.748. The summed E-state index contributed by atoms with van der Waals surface area (Å²) in [7, 11) is 0. The molecule has 0 aromatic heterocycles. The van der Waals surface area contributed by atoms with Gasteiger partial charge in [-0.15, -0.1) is 0 Å². The van der Waals surface area contributed by atoms with E-state index >= 15 is 0 Å². The van der Waals surface area contributed by atoms with Crippen molar-refractivity contribution in [2.75, 3.05) is 44.2 Å². The van der Waals surface area contributed by atoms with Gasteiger partial charge in [0.05, 0.1) is 0 Å². The van der Waals surface area contributed by atoms with Crippen molar-refractivity contribution in [1.29, 1.82) is 0 Å². The van der Waals surface area contributed by atoms with E-state index in [1.165, 1.54) is 6.42 Å². The second-order valence-corrected chi connectivity index (χ2v) is 5.24. The highest BCUT2D eigenvalue weighted by atomic mass is 16.1. The van der Waals surface area contributed by atoms with E-state index in [1.54, 1.807) is 6.07 Å². The predicted octanol–water partition coefficient (Wildman–Crippen LogP) is 0.646. The van der Waals surface area contributed by atoms with Crippen LogP contribution in [0, 0.1) is 0 Å². The van der Waals surface area contributed by atoms with Crippen molar-refractivity contribution in [1.82, 2.24) is 4.90 Å². The number of anilines is 1. The number of carbonyl (C=O) groups excluding carboxylic acids is 1. The molecule has 5 heteroatoms. The number of hydrogen-bond acceptors (Lipinski definition) is 4. The number of unbranched alkanes of at least 4 members (excludes halogenated alkanes) is 1. The van der Waals surface area contributed by atoms with Crippen LogP contribution < -0.4 is 16.4 Å². The van der Waals surface area contributed by atoms with E-state index in [-0.39, 0.29) is 5.91 Å². The molecule has 0 bridgehead atoms. The summed E-state index contributed by atoms with van der Waals surface area (Å²) < 4.78 is 0. The first-order valence-corrected chi connectivity index (χ1v) is 7.28. The molecule has 110 valence electrons. The van der Waals surface area contributed by atoms with Crippen LogP contribution in [0.2, 0.25) is 0 Å². The van der Waals surface area contributed by atoms with E-state index in [4.69, 9.17) is 11.5 Å². The number of primary amides is 1. The molecule has 4 N–H and O–H groups in total. The Morgan fingerprint density at radius 2 is 1.90 bits per heavy atom. The number of nitrogens with two attached hydrogens (primary N) is 2. The third kappa shape index (κ3) is 3.95. The molecule has 5 nitrogen and oxygen atoms in total. The standard InChI is InChI=1S/C15H24N4O/c16-6-1-2-7-18-8-10-19(11-9-18)14-5-3-4-13(12-14)15(17)20/h3-5,12H,1-2,6-11,16H2,(H2,17,20). The molecular weight excluding hydrogens is 252 g/mol. The molecule has 1 aromatic rings. The average Bonchev–Trinajstić information content (AvgIpc) is 2.48. The molecule has 0 spiro atoms. The van der Waals surface area contributed by atoms with Gasteiger partial charge in [-0.3, -0.25) is 9.69 Å². The summed E-state index contributed by atoms with van der Waals surface area (Å²) in [5.74, 6) is -0.368. The molecule has 1 saturated heterocycles. The molecule has 1 aromatic carbocycles. The van der Waals surface area contributed by atoms with Gasteiger partial charge in [0.1, 0.15) is 0 Å². The van der Waals surface area contributed by atoms with Crippen molar-refractivity contribution >= 4 is 11.6 Å². The van der Waals surface area contributed by atoms with Crippen molar-refractivity contribution in [3.05, 3.63) is 29.8 Å². The normalized spacial score (nSPS) is 16.4. The second kappa shape index (κ2) is 7.26. The maximum atomic E-state index is 11.2. The van der Waals surface area contributed by atoms with Crippen LogP contribution in [0.4, 0.5) is 5.69 Å². The van der Waals surface area contributed by atoms with Gasteiger partial charge in [0.2, 0.25) is 5.91 Å². The highest BCUT2D eigenvalue weighted by Crippen LogP contribution is 2.18. The Morgan fingerprint density at radius 1 is 1.15 bits per heavy atom. The van der Waals surface area contributed by atoms with Gasteiger partial charge in [-0.05, 0) is 44.1 Å². The summed E-state index contributed by atoms with van der Waals surface area (Å²) in [6, 6.07) is 7.57. The van der Waals surface area contributed by atoms with Gasteiger partial charge >= 0.3 is 0 Å². The highest BCUT2D eigenvalue weighted by Gasteiger charge is 2.17. The van der Waals surface area contributed by atoms with E-state index in [0.29, 0.717) is 5.56 Å². The summed E-state index contributed by atoms with van der Waals surface area (Å²) >= 11 is 0. The monoisotopic (exact) mass is 276 g/mol. The number of carbonyl (C=O) groups is 1. The zero-order chi connectivity index (χ0) is 14.4. The lowest BCUT2D eigenvalue weighted by atomic mass is 10.1. The maximum Gasteiger partial charge on any atom is 0.248 e. The van der Waals surface area contributed by atoms with E-state index in [0.717, 1.165) is 51.4 Å². The Balaban J connectivity index is 1.87. The number of benzene rings is 1. The summed E-state index contributed by atoms with van der Waals surface area (Å²) in [4.78, 5) is 16.0. The van der Waals surface area contributed by atoms with E-state index in [9.17, 15) is 4.79 Å². The van der Waals surface area contributed by atoms with Crippen molar-refractivity contribution in [2.45, 2.75) is 12.8 Å². The molecule has 20 heavy (non-hydrogen) atoms. The molecule has 1 aliphatic rings. The number of hydrogen-bond donors (Lipinski definition) is 2. The molecule has 0 unspecified atom stereocenters. The Labute approximate surface area is 120 Å². The van der Waals surface area contributed by atoms with Crippen LogP contribution in [-0.4, -0.2) is 50.1 Å². The first-order chi connectivity index (χ1) is 9.70. The van der Waals surface area contributed by atoms with Gasteiger partial charge in [0.15, 0.2) is 0 Å². The van der Waals surface area contributed by atoms with Crippen molar-refractivity contribution in [3.63, 3.8) is 0 Å². The Bertz CT molecular complexity index is 441. The van der Waals surface area contributed by atoms with Crippen LogP contribution in [0.25, 0.3) is 0 Å². The SMILES string of the molecule is NCCCCN1CCN(c2cccc(C(N)=O)c2)CC1. The highest BCUT2D eigenvalue weighted by molar-refractivity contribution is 5.93. The number of amides is 1. The van der Waals surface area contributed by atoms with Crippen LogP contribution in [0.1, 0.15) is 23.2 Å². The van der Waals surface area contributed by atoms with Crippen LogP contribution >= 0.6 is 0 Å². The van der Waals surface area contributed by atoms with Crippen LogP contribution in [0.15, 0.2) is 24.3 Å². The molecule has 1 aliphatic heterocycles. The first kappa shape index (κ1) is 14.8. The van der Waals surface area contributed by atoms with Gasteiger partial charge in [-0.2, -0.15) is 0 Å². The van der Waals surface area contributed by atoms with Gasteiger partial charge in [0.25, 0.3) is 0 Å². The van der Waals surface area contributed by atoms with Crippen LogP contribution in [0.3, 0.4) is 0 Å². The van der Waals surface area contributed by atoms with Crippen LogP contribution in [-0.2, 0) is 0 Å². The van der Waals surface area contributed by atoms with Gasteiger partial charge in [-0.1, -0.05) is 6.07 Å². The second-order valence-electron chi connectivity index (χ2n) is 5.24. The van der Waals surface area contributed by atoms with Crippen LogP contribution in [0.5, 0.6) is 0 Å². The lowest BCUT2D eigenvalue weighted by molar-refractivity contribution is 0.100. The average molecular weight is 276 g/mol. The minimum atomic E-state index is -0.368. The Morgan fingerprint density at radius 3 is 2.55 bits per heavy atom. The minimum absolute atomic E-state index is 0.368. The first-order valence-electron chi connectivity index (χ1n) is 7.28. The zero-order valence-electron chi connectivity index (χ0n) is 11.9. The summed E-state index contributed by atoms with van der Waals surface area (Å²) in [6.07, 6.45) is 2.27. The fourth-order valence-electron chi connectivity index (χ4n) is 2.57. The van der Waals surface area contributed by atoms with Crippen molar-refractivity contribution in [2.24, 2.45) is 11.5 Å². The number of rotatable bonds is 6. The van der Waals surface area contributed by atoms with Gasteiger partial charge in [0, 0.05) is 37.4 Å². The predicted molar refractivity (Wildman–Crippen MR) is 81.9 cm³/mol. The maximum absolute atomic E-state index is 11.2. The summed E-state index contributed by atoms with van der Waals surface area (Å²) in [6.45, 7) is 6.01. The molecule has 1 fully saturated rings. The molecule has 1 amide bonds. The fourth-order valence-corrected chi connectivity index (χ4v) is 2.57. The van der Waals surface area contributed by atoms with Crippen molar-refractivity contribution < 1.29 is 4.79 Å². The largest absolute Gasteiger partial charge is 0.369 e. The topological polar surface area (TPSA) is 75.6 Å². The molecule has 0 saturated carbocycles. The number of piperazine rings is 1. The third-order valence-electron chi connectivity index (χ3n) is 3.80. The smallest absolute Gasteiger partial charge is 0.248 e. The molecular formula is C15H24N4O. The molecule has 1 heterocycles. The lowest BCUT2D eigenvalue weighted by Gasteiger charge is -2.36. The summed E-state index contributed by atoms with van der Waals surface area (Å²) in [5.41, 5.74) is 12.5. The molecule has 0 radical (unpaired) electrons.